The number of esters is 1. The molecule has 1 aliphatic heterocycles. The first-order valence-corrected chi connectivity index (χ1v) is 11.8. The highest BCUT2D eigenvalue weighted by atomic mass is 32.2. The molecule has 3 atom stereocenters. The molecule has 2 aromatic rings. The maximum absolute atomic E-state index is 13.2. The van der Waals surface area contributed by atoms with E-state index in [0.717, 1.165) is 10.5 Å². The number of β-lactam (4-membered cyclic amide) rings is 1. The second-order valence-corrected chi connectivity index (χ2v) is 9.06. The number of allylic oxidation sites excluding steroid dienone is 1. The summed E-state index contributed by atoms with van der Waals surface area (Å²) in [7, 11) is -0.610. The van der Waals surface area contributed by atoms with Crippen molar-refractivity contribution in [3.05, 3.63) is 77.5 Å². The fraction of sp³-hybridized carbons (Fsp3) is 0.292. The van der Waals surface area contributed by atoms with Crippen LogP contribution in [0.5, 0.6) is 5.75 Å². The van der Waals surface area contributed by atoms with Crippen LogP contribution in [0.2, 0.25) is 0 Å². The molecule has 180 valence electrons. The molecule has 2 amide bonds. The highest BCUT2D eigenvalue weighted by Crippen LogP contribution is 2.30. The van der Waals surface area contributed by atoms with Gasteiger partial charge in [-0.25, -0.2) is 13.7 Å². The number of amides is 2. The van der Waals surface area contributed by atoms with Gasteiger partial charge in [0.05, 0.1) is 7.11 Å². The van der Waals surface area contributed by atoms with Crippen LogP contribution in [-0.4, -0.2) is 52.0 Å². The van der Waals surface area contributed by atoms with Crippen molar-refractivity contribution in [2.24, 2.45) is 0 Å². The normalized spacial score (nSPS) is 17.9. The molecule has 9 nitrogen and oxygen atoms in total. The quantitative estimate of drug-likeness (QED) is 0.300. The molecule has 1 aliphatic rings. The van der Waals surface area contributed by atoms with Gasteiger partial charge in [-0.15, -0.1) is 0 Å². The smallest absolute Gasteiger partial charge is 0.354 e. The van der Waals surface area contributed by atoms with Gasteiger partial charge in [0.25, 0.3) is 11.8 Å². The molecule has 0 radical (unpaired) electrons. The standard InChI is InChI=1S/C24H27N3O6S/c1-16(2)21(24(30)32-3)27-22(29)20(26-19(28)15-33-18-12-8-5-9-13-18)23(27)34(31)25-14-17-10-6-4-7-11-17/h4-13,20,23,25H,14-15H2,1-3H3,(H,26,28). The Hall–Kier alpha value is -3.50. The Morgan fingerprint density at radius 3 is 2.24 bits per heavy atom. The lowest BCUT2D eigenvalue weighted by Crippen LogP contribution is -2.73. The molecule has 1 fully saturated rings. The first-order valence-electron chi connectivity index (χ1n) is 10.6. The van der Waals surface area contributed by atoms with E-state index in [2.05, 4.69) is 10.0 Å². The number of hydrogen-bond acceptors (Lipinski definition) is 6. The van der Waals surface area contributed by atoms with Crippen molar-refractivity contribution in [2.75, 3.05) is 13.7 Å². The zero-order valence-electron chi connectivity index (χ0n) is 19.1. The molecule has 0 saturated carbocycles. The zero-order chi connectivity index (χ0) is 24.7. The van der Waals surface area contributed by atoms with Crippen LogP contribution in [0.4, 0.5) is 0 Å². The Morgan fingerprint density at radius 2 is 1.65 bits per heavy atom. The average Bonchev–Trinajstić information content (AvgIpc) is 2.85. The van der Waals surface area contributed by atoms with Gasteiger partial charge in [-0.1, -0.05) is 48.5 Å². The number of para-hydroxylation sites is 1. The van der Waals surface area contributed by atoms with E-state index in [1.807, 2.05) is 36.4 Å². The molecule has 0 spiro atoms. The molecule has 34 heavy (non-hydrogen) atoms. The third-order valence-electron chi connectivity index (χ3n) is 5.05. The van der Waals surface area contributed by atoms with Gasteiger partial charge in [0, 0.05) is 6.54 Å². The van der Waals surface area contributed by atoms with Crippen LogP contribution in [0.1, 0.15) is 19.4 Å². The first-order chi connectivity index (χ1) is 16.3. The lowest BCUT2D eigenvalue weighted by atomic mass is 10.0. The van der Waals surface area contributed by atoms with Gasteiger partial charge in [-0.05, 0) is 37.1 Å². The summed E-state index contributed by atoms with van der Waals surface area (Å²) in [5.41, 5.74) is 1.40. The molecule has 1 saturated heterocycles. The number of ether oxygens (including phenoxy) is 2. The van der Waals surface area contributed by atoms with Crippen LogP contribution in [0.15, 0.2) is 71.9 Å². The van der Waals surface area contributed by atoms with Crippen molar-refractivity contribution in [3.63, 3.8) is 0 Å². The summed E-state index contributed by atoms with van der Waals surface area (Å²) in [5.74, 6) is -1.34. The van der Waals surface area contributed by atoms with Crippen molar-refractivity contribution in [2.45, 2.75) is 31.8 Å². The van der Waals surface area contributed by atoms with Gasteiger partial charge in [0.15, 0.2) is 12.0 Å². The van der Waals surface area contributed by atoms with E-state index in [-0.39, 0.29) is 18.8 Å². The van der Waals surface area contributed by atoms with E-state index in [9.17, 15) is 18.6 Å². The van der Waals surface area contributed by atoms with Crippen molar-refractivity contribution in [1.82, 2.24) is 14.9 Å². The molecule has 2 N–H and O–H groups in total. The molecular formula is C24H27N3O6S. The molecule has 1 heterocycles. The van der Waals surface area contributed by atoms with Gasteiger partial charge < -0.3 is 14.8 Å². The number of carbonyl (C=O) groups excluding carboxylic acids is 3. The topological polar surface area (TPSA) is 114 Å². The molecule has 2 aromatic carbocycles. The molecule has 0 aliphatic carbocycles. The Kier molecular flexibility index (Phi) is 8.55. The number of hydrogen-bond donors (Lipinski definition) is 2. The number of carbonyl (C=O) groups is 3. The highest BCUT2D eigenvalue weighted by Gasteiger charge is 2.55. The minimum absolute atomic E-state index is 0.00149. The van der Waals surface area contributed by atoms with E-state index in [4.69, 9.17) is 9.47 Å². The van der Waals surface area contributed by atoms with Crippen LogP contribution in [-0.2, 0) is 36.7 Å². The number of rotatable bonds is 10. The van der Waals surface area contributed by atoms with E-state index in [1.165, 1.54) is 7.11 Å². The van der Waals surface area contributed by atoms with Gasteiger partial charge in [-0.2, -0.15) is 0 Å². The molecule has 0 bridgehead atoms. The van der Waals surface area contributed by atoms with Crippen molar-refractivity contribution in [3.8, 4) is 5.75 Å². The second-order valence-electron chi connectivity index (χ2n) is 7.69. The third kappa shape index (κ3) is 5.89. The summed E-state index contributed by atoms with van der Waals surface area (Å²) >= 11 is 0. The Morgan fingerprint density at radius 1 is 1.03 bits per heavy atom. The number of nitrogens with one attached hydrogen (secondary N) is 2. The largest absolute Gasteiger partial charge is 0.484 e. The van der Waals surface area contributed by atoms with Gasteiger partial charge in [0.1, 0.15) is 28.5 Å². The SMILES string of the molecule is COC(=O)C(=C(C)C)N1C(=O)C(NC(=O)COc2ccccc2)C1S(=O)NCc1ccccc1. The summed E-state index contributed by atoms with van der Waals surface area (Å²) in [4.78, 5) is 39.0. The number of methoxy groups -OCH3 is 1. The second kappa shape index (κ2) is 11.6. The predicted molar refractivity (Wildman–Crippen MR) is 126 cm³/mol. The van der Waals surface area contributed by atoms with Crippen molar-refractivity contribution >= 4 is 28.8 Å². The summed E-state index contributed by atoms with van der Waals surface area (Å²) in [6.45, 7) is 3.25. The number of benzene rings is 2. The number of likely N-dealkylation sites (tertiary alicyclic amines) is 1. The Bertz CT molecular complexity index is 1090. The van der Waals surface area contributed by atoms with Crippen LogP contribution >= 0.6 is 0 Å². The third-order valence-corrected chi connectivity index (χ3v) is 6.40. The van der Waals surface area contributed by atoms with E-state index < -0.39 is 40.2 Å². The van der Waals surface area contributed by atoms with E-state index in [1.54, 1.807) is 38.1 Å². The molecule has 3 unspecified atom stereocenters. The maximum atomic E-state index is 13.2. The highest BCUT2D eigenvalue weighted by molar-refractivity contribution is 7.83. The lowest BCUT2D eigenvalue weighted by molar-refractivity contribution is -0.152. The molecular weight excluding hydrogens is 458 g/mol. The zero-order valence-corrected chi connectivity index (χ0v) is 20.0. The van der Waals surface area contributed by atoms with Crippen LogP contribution in [0.3, 0.4) is 0 Å². The fourth-order valence-electron chi connectivity index (χ4n) is 3.41. The van der Waals surface area contributed by atoms with E-state index in [0.29, 0.717) is 11.3 Å². The minimum Gasteiger partial charge on any atom is -0.484 e. The van der Waals surface area contributed by atoms with Gasteiger partial charge >= 0.3 is 5.97 Å². The predicted octanol–water partition coefficient (Wildman–Crippen LogP) is 1.64. The van der Waals surface area contributed by atoms with Crippen molar-refractivity contribution < 1.29 is 28.1 Å². The molecule has 0 aromatic heterocycles. The first kappa shape index (κ1) is 25.1. The van der Waals surface area contributed by atoms with Crippen LogP contribution in [0.25, 0.3) is 0 Å². The van der Waals surface area contributed by atoms with Crippen molar-refractivity contribution in [1.29, 1.82) is 0 Å². The van der Waals surface area contributed by atoms with Crippen LogP contribution < -0.4 is 14.8 Å². The fourth-order valence-corrected chi connectivity index (χ4v) is 4.72. The molecule has 10 heteroatoms. The van der Waals surface area contributed by atoms with E-state index >= 15 is 0 Å². The Labute approximate surface area is 200 Å². The van der Waals surface area contributed by atoms with Crippen LogP contribution in [0, 0.1) is 0 Å². The van der Waals surface area contributed by atoms with Gasteiger partial charge in [0.2, 0.25) is 0 Å². The minimum atomic E-state index is -1.81. The summed E-state index contributed by atoms with van der Waals surface area (Å²) in [6.07, 6.45) is 0. The summed E-state index contributed by atoms with van der Waals surface area (Å²) in [5, 5.41) is 1.57. The van der Waals surface area contributed by atoms with Gasteiger partial charge in [-0.3, -0.25) is 14.5 Å². The maximum Gasteiger partial charge on any atom is 0.354 e. The summed E-state index contributed by atoms with van der Waals surface area (Å²) in [6, 6.07) is 17.0. The number of nitrogens with zero attached hydrogens (tertiary/aromatic N) is 1. The monoisotopic (exact) mass is 485 g/mol. The molecule has 3 rings (SSSR count). The average molecular weight is 486 g/mol. The summed E-state index contributed by atoms with van der Waals surface area (Å²) < 4.78 is 26.3. The Balaban J connectivity index is 1.75. The lowest BCUT2D eigenvalue weighted by Gasteiger charge is -2.46.